The van der Waals surface area contributed by atoms with Crippen molar-refractivity contribution < 1.29 is 13.2 Å². The Balaban J connectivity index is 2.27. The van der Waals surface area contributed by atoms with Gasteiger partial charge < -0.3 is 10.6 Å². The fraction of sp³-hybridized carbons (Fsp3) is 0.667. The smallest absolute Gasteiger partial charge is 0.368 e. The second-order valence-corrected chi connectivity index (χ2v) is 6.09. The van der Waals surface area contributed by atoms with E-state index in [2.05, 4.69) is 28.0 Å². The minimum absolute atomic E-state index is 0.0387. The van der Waals surface area contributed by atoms with E-state index in [9.17, 15) is 18.0 Å². The van der Waals surface area contributed by atoms with Crippen LogP contribution in [0.2, 0.25) is 0 Å². The molecule has 2 heterocycles. The molecule has 0 bridgehead atoms. The number of rotatable bonds is 2. The quantitative estimate of drug-likeness (QED) is 0.863. The Morgan fingerprint density at radius 3 is 2.76 bits per heavy atom. The van der Waals surface area contributed by atoms with Gasteiger partial charge in [0, 0.05) is 19.1 Å². The maximum absolute atomic E-state index is 12.4. The van der Waals surface area contributed by atoms with Crippen molar-refractivity contribution in [1.29, 1.82) is 0 Å². The Morgan fingerprint density at radius 2 is 2.19 bits per heavy atom. The summed E-state index contributed by atoms with van der Waals surface area (Å²) in [6, 6.07) is -0.0387. The Bertz CT molecular complexity index is 575. The summed E-state index contributed by atoms with van der Waals surface area (Å²) in [6.07, 6.45) is -2.35. The van der Waals surface area contributed by atoms with Crippen LogP contribution in [0.25, 0.3) is 0 Å². The molecule has 1 aromatic heterocycles. The zero-order chi connectivity index (χ0) is 15.8. The second-order valence-electron chi connectivity index (χ2n) is 5.30. The van der Waals surface area contributed by atoms with Crippen molar-refractivity contribution >= 4 is 21.6 Å². The third kappa shape index (κ3) is 3.76. The van der Waals surface area contributed by atoms with Crippen LogP contribution in [0.1, 0.15) is 13.3 Å². The molecule has 118 valence electrons. The molecule has 0 spiro atoms. The van der Waals surface area contributed by atoms with E-state index < -0.39 is 18.3 Å². The molecule has 2 unspecified atom stereocenters. The Labute approximate surface area is 128 Å². The van der Waals surface area contributed by atoms with Gasteiger partial charge in [0.15, 0.2) is 0 Å². The Kier molecular flexibility index (Phi) is 4.62. The van der Waals surface area contributed by atoms with E-state index in [0.717, 1.165) is 6.42 Å². The van der Waals surface area contributed by atoms with E-state index >= 15 is 0 Å². The lowest BCUT2D eigenvalue weighted by Gasteiger charge is -2.36. The van der Waals surface area contributed by atoms with Crippen molar-refractivity contribution in [3.05, 3.63) is 21.0 Å². The predicted molar refractivity (Wildman–Crippen MR) is 76.2 cm³/mol. The van der Waals surface area contributed by atoms with Gasteiger partial charge in [0.05, 0.1) is 11.9 Å². The van der Waals surface area contributed by atoms with Crippen molar-refractivity contribution in [1.82, 2.24) is 9.78 Å². The van der Waals surface area contributed by atoms with Crippen LogP contribution in [0.4, 0.5) is 18.9 Å². The summed E-state index contributed by atoms with van der Waals surface area (Å²) in [7, 11) is 0. The summed E-state index contributed by atoms with van der Waals surface area (Å²) in [4.78, 5) is 13.8. The molecule has 5 nitrogen and oxygen atoms in total. The Morgan fingerprint density at radius 1 is 1.52 bits per heavy atom. The van der Waals surface area contributed by atoms with Gasteiger partial charge in [-0.25, -0.2) is 4.68 Å². The average molecular weight is 369 g/mol. The number of alkyl halides is 3. The highest BCUT2D eigenvalue weighted by Gasteiger charge is 2.31. The van der Waals surface area contributed by atoms with Gasteiger partial charge in [-0.15, -0.1) is 0 Å². The number of aromatic nitrogens is 2. The molecule has 2 N–H and O–H groups in total. The molecule has 2 rings (SSSR count). The lowest BCUT2D eigenvalue weighted by molar-refractivity contribution is -0.143. The number of hydrogen-bond donors (Lipinski definition) is 1. The van der Waals surface area contributed by atoms with Crippen LogP contribution in [0.15, 0.2) is 15.5 Å². The maximum atomic E-state index is 12.4. The number of nitrogens with zero attached hydrogens (tertiary/aromatic N) is 3. The summed E-state index contributed by atoms with van der Waals surface area (Å²) in [6.45, 7) is 1.89. The number of halogens is 4. The molecule has 1 aliphatic heterocycles. The number of hydrogen-bond acceptors (Lipinski definition) is 4. The molecule has 1 aromatic rings. The monoisotopic (exact) mass is 368 g/mol. The van der Waals surface area contributed by atoms with Gasteiger partial charge in [0.2, 0.25) is 0 Å². The molecule has 1 fully saturated rings. The third-order valence-corrected chi connectivity index (χ3v) is 4.40. The topological polar surface area (TPSA) is 64.2 Å². The number of piperidine rings is 1. The predicted octanol–water partition coefficient (Wildman–Crippen LogP) is 1.74. The number of nitrogens with two attached hydrogens (primary N) is 1. The molecule has 2 atom stereocenters. The van der Waals surface area contributed by atoms with Gasteiger partial charge >= 0.3 is 6.18 Å². The standard InChI is InChI=1S/C12H16BrF3N4O/c1-7-2-3-19(5-8(7)17)9-4-18-20(6-12(14,15)16)11(21)10(9)13/h4,7-8H,2-3,5-6,17H2,1H3. The van der Waals surface area contributed by atoms with E-state index in [1.807, 2.05) is 4.90 Å². The SMILES string of the molecule is CC1CCN(c2cnn(CC(F)(F)F)c(=O)c2Br)CC1N. The Hall–Kier alpha value is -1.09. The van der Waals surface area contributed by atoms with Crippen molar-refractivity contribution in [2.45, 2.75) is 32.1 Å². The second kappa shape index (κ2) is 5.96. The lowest BCUT2D eigenvalue weighted by atomic mass is 9.94. The van der Waals surface area contributed by atoms with Crippen LogP contribution in [-0.2, 0) is 6.54 Å². The minimum atomic E-state index is -4.49. The normalized spacial score (nSPS) is 23.4. The summed E-state index contributed by atoms with van der Waals surface area (Å²) in [5.74, 6) is 0.374. The van der Waals surface area contributed by atoms with E-state index in [0.29, 0.717) is 29.4 Å². The molecule has 0 aromatic carbocycles. The molecule has 21 heavy (non-hydrogen) atoms. The average Bonchev–Trinajstić information content (AvgIpc) is 2.37. The largest absolute Gasteiger partial charge is 0.408 e. The summed E-state index contributed by atoms with van der Waals surface area (Å²) in [5.41, 5.74) is 5.69. The van der Waals surface area contributed by atoms with Crippen molar-refractivity contribution in [3.63, 3.8) is 0 Å². The highest BCUT2D eigenvalue weighted by atomic mass is 79.9. The first kappa shape index (κ1) is 16.3. The van der Waals surface area contributed by atoms with Gasteiger partial charge in [-0.05, 0) is 28.3 Å². The zero-order valence-electron chi connectivity index (χ0n) is 11.4. The van der Waals surface area contributed by atoms with Crippen LogP contribution in [-0.4, -0.2) is 35.1 Å². The lowest BCUT2D eigenvalue weighted by Crippen LogP contribution is -2.48. The summed E-state index contributed by atoms with van der Waals surface area (Å²) in [5, 5.41) is 3.62. The molecule has 0 aliphatic carbocycles. The molecule has 0 amide bonds. The van der Waals surface area contributed by atoms with Crippen LogP contribution in [0.3, 0.4) is 0 Å². The molecule has 0 saturated carbocycles. The van der Waals surface area contributed by atoms with Gasteiger partial charge in [0.1, 0.15) is 11.0 Å². The third-order valence-electron chi connectivity index (χ3n) is 3.65. The minimum Gasteiger partial charge on any atom is -0.368 e. The maximum Gasteiger partial charge on any atom is 0.408 e. The highest BCUT2D eigenvalue weighted by Crippen LogP contribution is 2.27. The van der Waals surface area contributed by atoms with Crippen LogP contribution in [0, 0.1) is 5.92 Å². The first-order valence-electron chi connectivity index (χ1n) is 6.52. The van der Waals surface area contributed by atoms with Crippen molar-refractivity contribution in [2.75, 3.05) is 18.0 Å². The first-order chi connectivity index (χ1) is 9.69. The van der Waals surface area contributed by atoms with Crippen LogP contribution < -0.4 is 16.2 Å². The summed E-state index contributed by atoms with van der Waals surface area (Å²) >= 11 is 3.09. The van der Waals surface area contributed by atoms with E-state index in [4.69, 9.17) is 5.73 Å². The fourth-order valence-electron chi connectivity index (χ4n) is 2.28. The fourth-order valence-corrected chi connectivity index (χ4v) is 2.84. The number of anilines is 1. The molecular formula is C12H16BrF3N4O. The first-order valence-corrected chi connectivity index (χ1v) is 7.31. The molecule has 0 radical (unpaired) electrons. The van der Waals surface area contributed by atoms with Gasteiger partial charge in [-0.2, -0.15) is 18.3 Å². The molecule has 9 heteroatoms. The van der Waals surface area contributed by atoms with E-state index in [-0.39, 0.29) is 10.5 Å². The van der Waals surface area contributed by atoms with Crippen molar-refractivity contribution in [3.8, 4) is 0 Å². The van der Waals surface area contributed by atoms with E-state index in [1.165, 1.54) is 6.20 Å². The van der Waals surface area contributed by atoms with Gasteiger partial charge in [-0.1, -0.05) is 6.92 Å². The van der Waals surface area contributed by atoms with Crippen molar-refractivity contribution in [2.24, 2.45) is 11.7 Å². The van der Waals surface area contributed by atoms with Crippen LogP contribution in [0.5, 0.6) is 0 Å². The van der Waals surface area contributed by atoms with E-state index in [1.54, 1.807) is 0 Å². The highest BCUT2D eigenvalue weighted by molar-refractivity contribution is 9.10. The molecule has 1 aliphatic rings. The van der Waals surface area contributed by atoms with Crippen LogP contribution >= 0.6 is 15.9 Å². The van der Waals surface area contributed by atoms with Gasteiger partial charge in [-0.3, -0.25) is 4.79 Å². The van der Waals surface area contributed by atoms with Gasteiger partial charge in [0.25, 0.3) is 5.56 Å². The summed E-state index contributed by atoms with van der Waals surface area (Å²) < 4.78 is 37.6. The molecular weight excluding hydrogens is 353 g/mol. The zero-order valence-corrected chi connectivity index (χ0v) is 13.0. The molecule has 1 saturated heterocycles.